The first kappa shape index (κ1) is 13.8. The van der Waals surface area contributed by atoms with Crippen LogP contribution in [0, 0.1) is 0 Å². The summed E-state index contributed by atoms with van der Waals surface area (Å²) in [5, 5.41) is 13.6. The maximum atomic E-state index is 10.2. The minimum absolute atomic E-state index is 0.328. The first-order chi connectivity index (χ1) is 8.74. The number of hydrogen-bond donors (Lipinski definition) is 2. The van der Waals surface area contributed by atoms with Crippen LogP contribution in [0.5, 0.6) is 5.75 Å². The second-order valence-corrected chi connectivity index (χ2v) is 5.62. The monoisotopic (exact) mass is 312 g/mol. The molecule has 2 N–H and O–H groups in total. The van der Waals surface area contributed by atoms with E-state index in [0.717, 1.165) is 49.1 Å². The van der Waals surface area contributed by atoms with Crippen molar-refractivity contribution in [3.05, 3.63) is 28.2 Å². The molecule has 1 aromatic rings. The number of hydrogen-bond acceptors (Lipinski definition) is 3. The minimum Gasteiger partial charge on any atom is -0.506 e. The third kappa shape index (κ3) is 3.05. The summed E-state index contributed by atoms with van der Waals surface area (Å²) in [6, 6.07) is 6.26. The van der Waals surface area contributed by atoms with Crippen molar-refractivity contribution in [2.45, 2.75) is 25.8 Å². The molecule has 2 rings (SSSR count). The normalized spacial score (nSPS) is 18.8. The molecule has 0 aromatic heterocycles. The quantitative estimate of drug-likeness (QED) is 0.897. The van der Waals surface area contributed by atoms with Gasteiger partial charge >= 0.3 is 0 Å². The molecule has 100 valence electrons. The topological polar surface area (TPSA) is 35.5 Å². The largest absolute Gasteiger partial charge is 0.506 e. The number of rotatable bonds is 4. The lowest BCUT2D eigenvalue weighted by Crippen LogP contribution is -2.45. The van der Waals surface area contributed by atoms with Crippen LogP contribution < -0.4 is 5.32 Å². The van der Waals surface area contributed by atoms with Crippen LogP contribution in [0.1, 0.15) is 31.4 Å². The molecule has 0 radical (unpaired) electrons. The molecule has 0 amide bonds. The molecule has 18 heavy (non-hydrogen) atoms. The highest BCUT2D eigenvalue weighted by molar-refractivity contribution is 9.10. The molecule has 1 atom stereocenters. The zero-order valence-corrected chi connectivity index (χ0v) is 12.4. The summed E-state index contributed by atoms with van der Waals surface area (Å²) in [6.45, 7) is 6.38. The van der Waals surface area contributed by atoms with E-state index in [0.29, 0.717) is 11.8 Å². The minimum atomic E-state index is 0.328. The molecule has 0 bridgehead atoms. The molecule has 4 heteroatoms. The molecule has 1 heterocycles. The maximum Gasteiger partial charge on any atom is 0.134 e. The summed E-state index contributed by atoms with van der Waals surface area (Å²) in [5.41, 5.74) is 1.05. The van der Waals surface area contributed by atoms with E-state index in [9.17, 15) is 5.11 Å². The van der Waals surface area contributed by atoms with Gasteiger partial charge in [0.05, 0.1) is 4.47 Å². The second kappa shape index (κ2) is 6.55. The van der Waals surface area contributed by atoms with Gasteiger partial charge < -0.3 is 10.4 Å². The Balaban J connectivity index is 2.25. The SMILES string of the molecule is CCC[C@H](c1cccc(Br)c1O)N1CCNCC1. The highest BCUT2D eigenvalue weighted by Crippen LogP contribution is 2.36. The zero-order chi connectivity index (χ0) is 13.0. The molecule has 1 aliphatic heterocycles. The predicted octanol–water partition coefficient (Wildman–Crippen LogP) is 2.90. The molecule has 0 unspecified atom stereocenters. The summed E-state index contributed by atoms with van der Waals surface area (Å²) < 4.78 is 0.788. The third-order valence-electron chi connectivity index (χ3n) is 3.53. The van der Waals surface area contributed by atoms with E-state index in [4.69, 9.17) is 0 Å². The van der Waals surface area contributed by atoms with Crippen LogP contribution in [0.2, 0.25) is 0 Å². The average Bonchev–Trinajstić information content (AvgIpc) is 2.41. The molecule has 1 aromatic carbocycles. The van der Waals surface area contributed by atoms with E-state index in [-0.39, 0.29) is 0 Å². The number of piperazine rings is 1. The molecule has 1 aliphatic rings. The van der Waals surface area contributed by atoms with Crippen molar-refractivity contribution in [1.82, 2.24) is 10.2 Å². The number of aromatic hydroxyl groups is 1. The lowest BCUT2D eigenvalue weighted by Gasteiger charge is -2.35. The van der Waals surface area contributed by atoms with Crippen LogP contribution in [0.4, 0.5) is 0 Å². The van der Waals surface area contributed by atoms with E-state index < -0.39 is 0 Å². The third-order valence-corrected chi connectivity index (χ3v) is 4.17. The number of nitrogens with zero attached hydrogens (tertiary/aromatic N) is 1. The molecular formula is C14H21BrN2O. The van der Waals surface area contributed by atoms with Crippen molar-refractivity contribution in [1.29, 1.82) is 0 Å². The number of phenols is 1. The van der Waals surface area contributed by atoms with Crippen molar-refractivity contribution in [3.8, 4) is 5.75 Å². The van der Waals surface area contributed by atoms with Crippen LogP contribution in [-0.2, 0) is 0 Å². The number of nitrogens with one attached hydrogen (secondary N) is 1. The number of para-hydroxylation sites is 1. The summed E-state index contributed by atoms with van der Waals surface area (Å²) >= 11 is 3.41. The van der Waals surface area contributed by atoms with Gasteiger partial charge in [-0.05, 0) is 28.4 Å². The Kier molecular flexibility index (Phi) is 5.03. The Labute approximate surface area is 117 Å². The summed E-state index contributed by atoms with van der Waals surface area (Å²) in [4.78, 5) is 2.47. The number of halogens is 1. The van der Waals surface area contributed by atoms with E-state index in [2.05, 4.69) is 33.1 Å². The fraction of sp³-hybridized carbons (Fsp3) is 0.571. The van der Waals surface area contributed by atoms with Crippen molar-refractivity contribution >= 4 is 15.9 Å². The Morgan fingerprint density at radius 1 is 1.39 bits per heavy atom. The van der Waals surface area contributed by atoms with Crippen LogP contribution >= 0.6 is 15.9 Å². The molecule has 3 nitrogen and oxygen atoms in total. The number of benzene rings is 1. The molecule has 1 fully saturated rings. The van der Waals surface area contributed by atoms with Gasteiger partial charge in [0.15, 0.2) is 0 Å². The van der Waals surface area contributed by atoms with Gasteiger partial charge in [-0.2, -0.15) is 0 Å². The maximum absolute atomic E-state index is 10.2. The van der Waals surface area contributed by atoms with Crippen molar-refractivity contribution < 1.29 is 5.11 Å². The molecule has 0 spiro atoms. The van der Waals surface area contributed by atoms with Gasteiger partial charge in [-0.3, -0.25) is 4.90 Å². The first-order valence-corrected chi connectivity index (χ1v) is 7.45. The van der Waals surface area contributed by atoms with Crippen LogP contribution in [-0.4, -0.2) is 36.2 Å². The Morgan fingerprint density at radius 3 is 2.78 bits per heavy atom. The molecular weight excluding hydrogens is 292 g/mol. The van der Waals surface area contributed by atoms with E-state index in [1.807, 2.05) is 18.2 Å². The van der Waals surface area contributed by atoms with Gasteiger partial charge in [0, 0.05) is 37.8 Å². The van der Waals surface area contributed by atoms with Gasteiger partial charge in [-0.1, -0.05) is 25.5 Å². The van der Waals surface area contributed by atoms with Gasteiger partial charge in [0.25, 0.3) is 0 Å². The zero-order valence-electron chi connectivity index (χ0n) is 10.8. The highest BCUT2D eigenvalue weighted by atomic mass is 79.9. The fourth-order valence-corrected chi connectivity index (χ4v) is 2.98. The predicted molar refractivity (Wildman–Crippen MR) is 77.9 cm³/mol. The standard InChI is InChI=1S/C14H21BrN2O/c1-2-4-13(17-9-7-16-8-10-17)11-5-3-6-12(15)14(11)18/h3,5-6,13,16,18H,2,4,7-10H2,1H3/t13-/m1/s1. The van der Waals surface area contributed by atoms with Gasteiger partial charge in [0.1, 0.15) is 5.75 Å². The van der Waals surface area contributed by atoms with Gasteiger partial charge in [-0.25, -0.2) is 0 Å². The highest BCUT2D eigenvalue weighted by Gasteiger charge is 2.24. The summed E-state index contributed by atoms with van der Waals surface area (Å²) in [7, 11) is 0. The molecule has 1 saturated heterocycles. The number of phenolic OH excluding ortho intramolecular Hbond substituents is 1. The van der Waals surface area contributed by atoms with E-state index in [1.54, 1.807) is 0 Å². The first-order valence-electron chi connectivity index (χ1n) is 6.66. The Bertz CT molecular complexity index is 391. The molecule has 0 saturated carbocycles. The smallest absolute Gasteiger partial charge is 0.134 e. The van der Waals surface area contributed by atoms with Crippen molar-refractivity contribution in [2.24, 2.45) is 0 Å². The van der Waals surface area contributed by atoms with Gasteiger partial charge in [-0.15, -0.1) is 0 Å². The Morgan fingerprint density at radius 2 is 2.11 bits per heavy atom. The van der Waals surface area contributed by atoms with Crippen molar-refractivity contribution in [3.63, 3.8) is 0 Å². The van der Waals surface area contributed by atoms with Crippen molar-refractivity contribution in [2.75, 3.05) is 26.2 Å². The Hall–Kier alpha value is -0.580. The summed E-state index contributed by atoms with van der Waals surface area (Å²) in [6.07, 6.45) is 2.21. The van der Waals surface area contributed by atoms with Gasteiger partial charge in [0.2, 0.25) is 0 Å². The summed E-state index contributed by atoms with van der Waals surface area (Å²) in [5.74, 6) is 0.398. The lowest BCUT2D eigenvalue weighted by molar-refractivity contribution is 0.162. The van der Waals surface area contributed by atoms with Crippen LogP contribution in [0.3, 0.4) is 0 Å². The van der Waals surface area contributed by atoms with Crippen LogP contribution in [0.15, 0.2) is 22.7 Å². The lowest BCUT2D eigenvalue weighted by atomic mass is 9.99. The fourth-order valence-electron chi connectivity index (χ4n) is 2.60. The molecule has 0 aliphatic carbocycles. The average molecular weight is 313 g/mol. The van der Waals surface area contributed by atoms with Crippen LogP contribution in [0.25, 0.3) is 0 Å². The second-order valence-electron chi connectivity index (χ2n) is 4.77. The van der Waals surface area contributed by atoms with E-state index >= 15 is 0 Å². The van der Waals surface area contributed by atoms with E-state index in [1.165, 1.54) is 0 Å².